The summed E-state index contributed by atoms with van der Waals surface area (Å²) in [4.78, 5) is 16.8. The van der Waals surface area contributed by atoms with Crippen LogP contribution in [0.2, 0.25) is 0 Å². The molecule has 0 saturated carbocycles. The Hall–Kier alpha value is -3.11. The van der Waals surface area contributed by atoms with Gasteiger partial charge in [-0.25, -0.2) is 4.98 Å². The van der Waals surface area contributed by atoms with Crippen molar-refractivity contribution < 1.29 is 4.79 Å². The summed E-state index contributed by atoms with van der Waals surface area (Å²) in [5.74, 6) is 0.286. The van der Waals surface area contributed by atoms with Crippen molar-refractivity contribution in [3.63, 3.8) is 0 Å². The summed E-state index contributed by atoms with van der Waals surface area (Å²) < 4.78 is 0. The number of nitrogens with one attached hydrogen (secondary N) is 1. The maximum absolute atomic E-state index is 12.2. The highest BCUT2D eigenvalue weighted by molar-refractivity contribution is 7.99. The molecular formula is C23H18N2OS. The van der Waals surface area contributed by atoms with Gasteiger partial charge in [0.25, 0.3) is 0 Å². The van der Waals surface area contributed by atoms with Crippen LogP contribution in [0.3, 0.4) is 0 Å². The van der Waals surface area contributed by atoms with Gasteiger partial charge in [0, 0.05) is 11.1 Å². The van der Waals surface area contributed by atoms with E-state index in [0.29, 0.717) is 5.75 Å². The Morgan fingerprint density at radius 3 is 2.30 bits per heavy atom. The van der Waals surface area contributed by atoms with E-state index in [1.807, 2.05) is 78.9 Å². The van der Waals surface area contributed by atoms with Gasteiger partial charge in [-0.2, -0.15) is 0 Å². The minimum absolute atomic E-state index is 0.0394. The van der Waals surface area contributed by atoms with Gasteiger partial charge in [-0.05, 0) is 35.4 Å². The fourth-order valence-corrected chi connectivity index (χ4v) is 3.52. The van der Waals surface area contributed by atoms with Crippen LogP contribution in [0.25, 0.3) is 22.0 Å². The molecule has 0 aliphatic rings. The van der Waals surface area contributed by atoms with Crippen molar-refractivity contribution in [1.29, 1.82) is 0 Å². The van der Waals surface area contributed by atoms with E-state index in [9.17, 15) is 4.79 Å². The number of amides is 1. The summed E-state index contributed by atoms with van der Waals surface area (Å²) in [6.45, 7) is 0. The first-order chi connectivity index (χ1) is 13.3. The molecular weight excluding hydrogens is 352 g/mol. The van der Waals surface area contributed by atoms with E-state index in [1.165, 1.54) is 11.8 Å². The topological polar surface area (TPSA) is 42.0 Å². The average molecular weight is 370 g/mol. The highest BCUT2D eigenvalue weighted by Gasteiger charge is 2.06. The Morgan fingerprint density at radius 2 is 1.48 bits per heavy atom. The molecule has 0 aliphatic heterocycles. The van der Waals surface area contributed by atoms with Gasteiger partial charge in [-0.1, -0.05) is 78.5 Å². The third-order valence-electron chi connectivity index (χ3n) is 4.20. The first-order valence-electron chi connectivity index (χ1n) is 8.72. The highest BCUT2D eigenvalue weighted by atomic mass is 32.2. The number of carbonyl (C=O) groups excluding carboxylic acids is 1. The van der Waals surface area contributed by atoms with Crippen LogP contribution in [0, 0.1) is 0 Å². The van der Waals surface area contributed by atoms with Crippen LogP contribution in [0.5, 0.6) is 0 Å². The predicted molar refractivity (Wildman–Crippen MR) is 113 cm³/mol. The standard InChI is InChI=1S/C23H18N2OS/c26-22(16-27-23-15-12-19-8-4-5-9-21(19)25-23)24-20-13-10-18(11-14-20)17-6-2-1-3-7-17/h1-15H,16H2,(H,24,26). The molecule has 3 nitrogen and oxygen atoms in total. The van der Waals surface area contributed by atoms with Crippen LogP contribution < -0.4 is 5.32 Å². The van der Waals surface area contributed by atoms with Crippen molar-refractivity contribution in [2.45, 2.75) is 5.03 Å². The Bertz CT molecular complexity index is 1060. The lowest BCUT2D eigenvalue weighted by atomic mass is 10.1. The van der Waals surface area contributed by atoms with E-state index in [-0.39, 0.29) is 5.91 Å². The first-order valence-corrected chi connectivity index (χ1v) is 9.70. The maximum Gasteiger partial charge on any atom is 0.234 e. The highest BCUT2D eigenvalue weighted by Crippen LogP contribution is 2.22. The predicted octanol–water partition coefficient (Wildman–Crippen LogP) is 5.63. The summed E-state index contributed by atoms with van der Waals surface area (Å²) >= 11 is 1.44. The molecule has 4 heteroatoms. The van der Waals surface area contributed by atoms with Gasteiger partial charge in [0.05, 0.1) is 16.3 Å². The number of fused-ring (bicyclic) bond motifs is 1. The molecule has 1 heterocycles. The molecule has 0 aliphatic carbocycles. The molecule has 4 aromatic rings. The fourth-order valence-electron chi connectivity index (χ4n) is 2.84. The van der Waals surface area contributed by atoms with E-state index in [1.54, 1.807) is 0 Å². The molecule has 0 bridgehead atoms. The van der Waals surface area contributed by atoms with Gasteiger partial charge in [0.2, 0.25) is 5.91 Å². The molecule has 0 unspecified atom stereocenters. The number of aromatic nitrogens is 1. The second-order valence-electron chi connectivity index (χ2n) is 6.12. The number of thioether (sulfide) groups is 1. The number of nitrogens with zero attached hydrogens (tertiary/aromatic N) is 1. The Balaban J connectivity index is 1.36. The summed E-state index contributed by atoms with van der Waals surface area (Å²) in [5, 5.41) is 4.89. The molecule has 0 saturated heterocycles. The molecule has 0 radical (unpaired) electrons. The normalized spacial score (nSPS) is 10.7. The SMILES string of the molecule is O=C(CSc1ccc2ccccc2n1)Nc1ccc(-c2ccccc2)cc1. The van der Waals surface area contributed by atoms with Gasteiger partial charge >= 0.3 is 0 Å². The Labute approximate surface area is 162 Å². The van der Waals surface area contributed by atoms with E-state index in [4.69, 9.17) is 0 Å². The minimum atomic E-state index is -0.0394. The van der Waals surface area contributed by atoms with E-state index >= 15 is 0 Å². The van der Waals surface area contributed by atoms with Crippen molar-refractivity contribution >= 4 is 34.3 Å². The second kappa shape index (κ2) is 8.06. The van der Waals surface area contributed by atoms with E-state index < -0.39 is 0 Å². The summed E-state index contributed by atoms with van der Waals surface area (Å²) in [6.07, 6.45) is 0. The molecule has 0 spiro atoms. The number of pyridine rings is 1. The number of hydrogen-bond donors (Lipinski definition) is 1. The summed E-state index contributed by atoms with van der Waals surface area (Å²) in [5.41, 5.74) is 4.03. The number of carbonyl (C=O) groups is 1. The molecule has 27 heavy (non-hydrogen) atoms. The van der Waals surface area contributed by atoms with Gasteiger partial charge in [0.15, 0.2) is 0 Å². The average Bonchev–Trinajstić information content (AvgIpc) is 2.73. The van der Waals surface area contributed by atoms with Gasteiger partial charge in [-0.3, -0.25) is 4.79 Å². The lowest BCUT2D eigenvalue weighted by Gasteiger charge is -2.07. The van der Waals surface area contributed by atoms with Crippen molar-refractivity contribution in [1.82, 2.24) is 4.98 Å². The van der Waals surface area contributed by atoms with Crippen molar-refractivity contribution in [2.75, 3.05) is 11.1 Å². The molecule has 0 atom stereocenters. The van der Waals surface area contributed by atoms with Crippen molar-refractivity contribution in [3.8, 4) is 11.1 Å². The zero-order chi connectivity index (χ0) is 18.5. The van der Waals surface area contributed by atoms with E-state index in [0.717, 1.165) is 32.7 Å². The van der Waals surface area contributed by atoms with Gasteiger partial charge < -0.3 is 5.32 Å². The quantitative estimate of drug-likeness (QED) is 0.463. The molecule has 0 fully saturated rings. The number of benzene rings is 3. The number of para-hydroxylation sites is 1. The number of hydrogen-bond acceptors (Lipinski definition) is 3. The van der Waals surface area contributed by atoms with Crippen LogP contribution in [-0.2, 0) is 4.79 Å². The van der Waals surface area contributed by atoms with Crippen molar-refractivity contribution in [2.24, 2.45) is 0 Å². The summed E-state index contributed by atoms with van der Waals surface area (Å²) in [6, 6.07) is 30.0. The van der Waals surface area contributed by atoms with Crippen molar-refractivity contribution in [3.05, 3.63) is 91.0 Å². The molecule has 1 N–H and O–H groups in total. The van der Waals surface area contributed by atoms with Gasteiger partial charge in [-0.15, -0.1) is 0 Å². The van der Waals surface area contributed by atoms with Gasteiger partial charge in [0.1, 0.15) is 0 Å². The third kappa shape index (κ3) is 4.36. The lowest BCUT2D eigenvalue weighted by molar-refractivity contribution is -0.113. The minimum Gasteiger partial charge on any atom is -0.325 e. The lowest BCUT2D eigenvalue weighted by Crippen LogP contribution is -2.14. The Morgan fingerprint density at radius 1 is 0.778 bits per heavy atom. The monoisotopic (exact) mass is 370 g/mol. The Kier molecular flexibility index (Phi) is 5.17. The largest absolute Gasteiger partial charge is 0.325 e. The molecule has 1 aromatic heterocycles. The molecule has 1 amide bonds. The van der Waals surface area contributed by atoms with E-state index in [2.05, 4.69) is 22.4 Å². The number of anilines is 1. The fraction of sp³-hybridized carbons (Fsp3) is 0.0435. The molecule has 4 rings (SSSR count). The molecule has 3 aromatic carbocycles. The van der Waals surface area contributed by atoms with Crippen LogP contribution in [0.1, 0.15) is 0 Å². The van der Waals surface area contributed by atoms with Crippen LogP contribution in [0.4, 0.5) is 5.69 Å². The second-order valence-corrected chi connectivity index (χ2v) is 7.12. The first kappa shape index (κ1) is 17.3. The smallest absolute Gasteiger partial charge is 0.234 e. The van der Waals surface area contributed by atoms with Crippen LogP contribution >= 0.6 is 11.8 Å². The third-order valence-corrected chi connectivity index (χ3v) is 5.13. The summed E-state index contributed by atoms with van der Waals surface area (Å²) in [7, 11) is 0. The van der Waals surface area contributed by atoms with Crippen LogP contribution in [0.15, 0.2) is 96.0 Å². The molecule has 132 valence electrons. The number of rotatable bonds is 5. The maximum atomic E-state index is 12.2. The zero-order valence-corrected chi connectivity index (χ0v) is 15.4. The van der Waals surface area contributed by atoms with Crippen LogP contribution in [-0.4, -0.2) is 16.6 Å². The zero-order valence-electron chi connectivity index (χ0n) is 14.6.